The summed E-state index contributed by atoms with van der Waals surface area (Å²) in [5.41, 5.74) is 1.03. The number of hydrogen-bond acceptors (Lipinski definition) is 4. The normalized spacial score (nSPS) is 21.1. The van der Waals surface area contributed by atoms with E-state index in [4.69, 9.17) is 9.47 Å². The SMILES string of the molecule is COc1ccc(CN2CCC(CCN3CCOCC3)CC2)cc1F. The van der Waals surface area contributed by atoms with Crippen LogP contribution in [-0.4, -0.2) is 62.8 Å². The van der Waals surface area contributed by atoms with Gasteiger partial charge in [-0.05, 0) is 62.5 Å². The van der Waals surface area contributed by atoms with Crippen LogP contribution in [0.5, 0.6) is 5.75 Å². The largest absolute Gasteiger partial charge is 0.494 e. The van der Waals surface area contributed by atoms with Crippen molar-refractivity contribution in [3.63, 3.8) is 0 Å². The Bertz CT molecular complexity index is 512. The first kappa shape index (κ1) is 17.6. The first-order valence-electron chi connectivity index (χ1n) is 9.09. The van der Waals surface area contributed by atoms with Crippen LogP contribution in [0, 0.1) is 11.7 Å². The van der Waals surface area contributed by atoms with Gasteiger partial charge in [-0.15, -0.1) is 0 Å². The molecule has 2 aliphatic heterocycles. The fourth-order valence-corrected chi connectivity index (χ4v) is 3.69. The van der Waals surface area contributed by atoms with E-state index in [0.29, 0.717) is 5.75 Å². The fourth-order valence-electron chi connectivity index (χ4n) is 3.69. The average molecular weight is 336 g/mol. The van der Waals surface area contributed by atoms with Gasteiger partial charge in [0, 0.05) is 19.6 Å². The maximum absolute atomic E-state index is 13.8. The number of piperidine rings is 1. The molecule has 4 nitrogen and oxygen atoms in total. The van der Waals surface area contributed by atoms with Crippen LogP contribution in [0.4, 0.5) is 4.39 Å². The number of hydrogen-bond donors (Lipinski definition) is 0. The Hall–Kier alpha value is -1.17. The van der Waals surface area contributed by atoms with Gasteiger partial charge in [-0.25, -0.2) is 4.39 Å². The molecule has 2 fully saturated rings. The summed E-state index contributed by atoms with van der Waals surface area (Å²) in [4.78, 5) is 4.96. The van der Waals surface area contributed by atoms with E-state index in [1.807, 2.05) is 6.07 Å². The molecule has 0 N–H and O–H groups in total. The second kappa shape index (κ2) is 8.79. The van der Waals surface area contributed by atoms with Gasteiger partial charge in [-0.1, -0.05) is 6.07 Å². The van der Waals surface area contributed by atoms with Crippen LogP contribution in [0.2, 0.25) is 0 Å². The molecule has 0 unspecified atom stereocenters. The fraction of sp³-hybridized carbons (Fsp3) is 0.684. The lowest BCUT2D eigenvalue weighted by Gasteiger charge is -2.34. The highest BCUT2D eigenvalue weighted by atomic mass is 19.1. The van der Waals surface area contributed by atoms with Crippen molar-refractivity contribution >= 4 is 0 Å². The van der Waals surface area contributed by atoms with Crippen LogP contribution in [0.15, 0.2) is 18.2 Å². The average Bonchev–Trinajstić information content (AvgIpc) is 2.62. The van der Waals surface area contributed by atoms with E-state index in [1.165, 1.54) is 32.9 Å². The van der Waals surface area contributed by atoms with Crippen molar-refractivity contribution in [1.82, 2.24) is 9.80 Å². The number of morpholine rings is 1. The molecule has 24 heavy (non-hydrogen) atoms. The Labute approximate surface area is 144 Å². The molecule has 134 valence electrons. The third-order valence-corrected chi connectivity index (χ3v) is 5.29. The highest BCUT2D eigenvalue weighted by Crippen LogP contribution is 2.24. The van der Waals surface area contributed by atoms with Crippen molar-refractivity contribution in [3.05, 3.63) is 29.6 Å². The Balaban J connectivity index is 1.39. The molecule has 0 aliphatic carbocycles. The third kappa shape index (κ3) is 4.91. The molecule has 2 heterocycles. The minimum absolute atomic E-state index is 0.268. The van der Waals surface area contributed by atoms with E-state index < -0.39 is 0 Å². The minimum Gasteiger partial charge on any atom is -0.494 e. The lowest BCUT2D eigenvalue weighted by atomic mass is 9.93. The number of nitrogens with zero attached hydrogens (tertiary/aromatic N) is 2. The van der Waals surface area contributed by atoms with E-state index in [1.54, 1.807) is 12.1 Å². The van der Waals surface area contributed by atoms with Gasteiger partial charge < -0.3 is 9.47 Å². The van der Waals surface area contributed by atoms with E-state index in [0.717, 1.165) is 57.4 Å². The predicted octanol–water partition coefficient (Wildman–Crippen LogP) is 2.77. The molecule has 0 aromatic heterocycles. The smallest absolute Gasteiger partial charge is 0.165 e. The van der Waals surface area contributed by atoms with Crippen molar-refractivity contribution in [3.8, 4) is 5.75 Å². The zero-order valence-electron chi connectivity index (χ0n) is 14.7. The molecule has 0 bridgehead atoms. The summed E-state index contributed by atoms with van der Waals surface area (Å²) in [6.45, 7) is 8.20. The van der Waals surface area contributed by atoms with Gasteiger partial charge in [-0.2, -0.15) is 0 Å². The quantitative estimate of drug-likeness (QED) is 0.797. The first-order chi connectivity index (χ1) is 11.7. The second-order valence-electron chi connectivity index (χ2n) is 6.93. The summed E-state index contributed by atoms with van der Waals surface area (Å²) < 4.78 is 24.2. The summed E-state index contributed by atoms with van der Waals surface area (Å²) in [6.07, 6.45) is 3.80. The molecule has 5 heteroatoms. The van der Waals surface area contributed by atoms with Crippen molar-refractivity contribution in [2.75, 3.05) is 53.0 Å². The molecule has 0 amide bonds. The van der Waals surface area contributed by atoms with Crippen LogP contribution in [0.1, 0.15) is 24.8 Å². The van der Waals surface area contributed by atoms with Crippen LogP contribution in [0.3, 0.4) is 0 Å². The number of halogens is 1. The van der Waals surface area contributed by atoms with Gasteiger partial charge in [0.1, 0.15) is 0 Å². The van der Waals surface area contributed by atoms with E-state index >= 15 is 0 Å². The van der Waals surface area contributed by atoms with Crippen molar-refractivity contribution < 1.29 is 13.9 Å². The molecule has 0 spiro atoms. The number of likely N-dealkylation sites (tertiary alicyclic amines) is 1. The van der Waals surface area contributed by atoms with Gasteiger partial charge >= 0.3 is 0 Å². The molecule has 2 saturated heterocycles. The Kier molecular flexibility index (Phi) is 6.46. The summed E-state index contributed by atoms with van der Waals surface area (Å²) in [5.74, 6) is 0.882. The van der Waals surface area contributed by atoms with Gasteiger partial charge in [0.25, 0.3) is 0 Å². The van der Waals surface area contributed by atoms with Crippen molar-refractivity contribution in [2.24, 2.45) is 5.92 Å². The molecule has 0 radical (unpaired) electrons. The van der Waals surface area contributed by atoms with Crippen LogP contribution >= 0.6 is 0 Å². The number of methoxy groups -OCH3 is 1. The maximum atomic E-state index is 13.8. The summed E-state index contributed by atoms with van der Waals surface area (Å²) in [7, 11) is 1.50. The molecule has 2 aliphatic rings. The maximum Gasteiger partial charge on any atom is 0.165 e. The zero-order chi connectivity index (χ0) is 16.8. The summed E-state index contributed by atoms with van der Waals surface area (Å²) >= 11 is 0. The summed E-state index contributed by atoms with van der Waals surface area (Å²) in [6, 6.07) is 5.29. The third-order valence-electron chi connectivity index (χ3n) is 5.29. The van der Waals surface area contributed by atoms with E-state index in [-0.39, 0.29) is 5.82 Å². The van der Waals surface area contributed by atoms with E-state index in [9.17, 15) is 4.39 Å². The lowest BCUT2D eigenvalue weighted by Crippen LogP contribution is -2.39. The highest BCUT2D eigenvalue weighted by molar-refractivity contribution is 5.29. The van der Waals surface area contributed by atoms with Crippen molar-refractivity contribution in [1.29, 1.82) is 0 Å². The second-order valence-corrected chi connectivity index (χ2v) is 6.93. The Morgan fingerprint density at radius 2 is 1.88 bits per heavy atom. The van der Waals surface area contributed by atoms with Crippen LogP contribution in [0.25, 0.3) is 0 Å². The molecule has 1 aromatic rings. The van der Waals surface area contributed by atoms with Gasteiger partial charge in [0.05, 0.1) is 20.3 Å². The van der Waals surface area contributed by atoms with Crippen molar-refractivity contribution in [2.45, 2.75) is 25.8 Å². The zero-order valence-corrected chi connectivity index (χ0v) is 14.7. The number of benzene rings is 1. The topological polar surface area (TPSA) is 24.9 Å². The van der Waals surface area contributed by atoms with Gasteiger partial charge in [-0.3, -0.25) is 9.80 Å². The Morgan fingerprint density at radius 1 is 1.12 bits per heavy atom. The number of rotatable bonds is 6. The minimum atomic E-state index is -0.268. The molecule has 0 saturated carbocycles. The standard InChI is InChI=1S/C19H29FN2O2/c1-23-19-3-2-17(14-18(19)20)15-22-8-5-16(6-9-22)4-7-21-10-12-24-13-11-21/h2-3,14,16H,4-13,15H2,1H3. The monoisotopic (exact) mass is 336 g/mol. The Morgan fingerprint density at radius 3 is 2.54 bits per heavy atom. The first-order valence-corrected chi connectivity index (χ1v) is 9.09. The molecule has 1 aromatic carbocycles. The number of ether oxygens (including phenoxy) is 2. The molecular weight excluding hydrogens is 307 g/mol. The van der Waals surface area contributed by atoms with Crippen LogP contribution in [-0.2, 0) is 11.3 Å². The highest BCUT2D eigenvalue weighted by Gasteiger charge is 2.21. The van der Waals surface area contributed by atoms with E-state index in [2.05, 4.69) is 9.80 Å². The predicted molar refractivity (Wildman–Crippen MR) is 92.8 cm³/mol. The lowest BCUT2D eigenvalue weighted by molar-refractivity contribution is 0.0334. The van der Waals surface area contributed by atoms with Gasteiger partial charge in [0.15, 0.2) is 11.6 Å². The molecule has 3 rings (SSSR count). The van der Waals surface area contributed by atoms with Gasteiger partial charge in [0.2, 0.25) is 0 Å². The van der Waals surface area contributed by atoms with Crippen LogP contribution < -0.4 is 4.74 Å². The molecular formula is C19H29FN2O2. The molecule has 0 atom stereocenters. The summed E-state index contributed by atoms with van der Waals surface area (Å²) in [5, 5.41) is 0.